The molecule has 0 aliphatic carbocycles. The lowest BCUT2D eigenvalue weighted by atomic mass is 9.99. The fourth-order valence-corrected chi connectivity index (χ4v) is 3.28. The number of esters is 2. The lowest BCUT2D eigenvalue weighted by Crippen LogP contribution is -2.26. The Hall–Kier alpha value is -2.44. The predicted molar refractivity (Wildman–Crippen MR) is 109 cm³/mol. The average Bonchev–Trinajstić information content (AvgIpc) is 2.66. The number of ether oxygens (including phenoxy) is 2. The Balaban J connectivity index is 1.75. The van der Waals surface area contributed by atoms with Crippen LogP contribution in [0.15, 0.2) is 54.6 Å². The molecular weight excluding hydrogens is 372 g/mol. The third-order valence-corrected chi connectivity index (χ3v) is 4.66. The van der Waals surface area contributed by atoms with Gasteiger partial charge in [0.15, 0.2) is 0 Å². The van der Waals surface area contributed by atoms with Crippen LogP contribution in [0.25, 0.3) is 0 Å². The van der Waals surface area contributed by atoms with E-state index in [1.807, 2.05) is 30.3 Å². The number of rotatable bonds is 11. The minimum absolute atomic E-state index is 0.178. The van der Waals surface area contributed by atoms with Crippen LogP contribution in [0.5, 0.6) is 0 Å². The van der Waals surface area contributed by atoms with Crippen LogP contribution < -0.4 is 0 Å². The number of hydrogen-bond acceptors (Lipinski definition) is 6. The highest BCUT2D eigenvalue weighted by Crippen LogP contribution is 2.17. The maximum Gasteiger partial charge on any atom is 0.331 e. The van der Waals surface area contributed by atoms with Gasteiger partial charge in [-0.05, 0) is 37.3 Å². The van der Waals surface area contributed by atoms with Gasteiger partial charge < -0.3 is 19.7 Å². The summed E-state index contributed by atoms with van der Waals surface area (Å²) in [5.74, 6) is -0.747. The van der Waals surface area contributed by atoms with E-state index in [9.17, 15) is 19.8 Å². The number of benzene rings is 1. The molecule has 0 amide bonds. The SMILES string of the molecule is CC(=O)OC(CCc1ccccc1)CC(O)CC(O)C/C=C/C1CC=CC(=O)O1. The van der Waals surface area contributed by atoms with Crippen LogP contribution in [-0.2, 0) is 25.5 Å². The zero-order valence-electron chi connectivity index (χ0n) is 16.8. The minimum atomic E-state index is -0.783. The van der Waals surface area contributed by atoms with Crippen molar-refractivity contribution in [3.63, 3.8) is 0 Å². The molecule has 2 N–H and O–H groups in total. The fraction of sp³-hybridized carbons (Fsp3) is 0.478. The smallest absolute Gasteiger partial charge is 0.331 e. The summed E-state index contributed by atoms with van der Waals surface area (Å²) in [5, 5.41) is 20.5. The van der Waals surface area contributed by atoms with E-state index < -0.39 is 18.3 Å². The number of aryl methyl sites for hydroxylation is 1. The van der Waals surface area contributed by atoms with Crippen molar-refractivity contribution in [1.29, 1.82) is 0 Å². The number of carbonyl (C=O) groups excluding carboxylic acids is 2. The third kappa shape index (κ3) is 9.54. The van der Waals surface area contributed by atoms with Gasteiger partial charge in [0.05, 0.1) is 12.2 Å². The Morgan fingerprint density at radius 1 is 1.24 bits per heavy atom. The second-order valence-electron chi connectivity index (χ2n) is 7.31. The molecule has 0 radical (unpaired) electrons. The molecule has 1 aliphatic rings. The summed E-state index contributed by atoms with van der Waals surface area (Å²) in [4.78, 5) is 22.6. The van der Waals surface area contributed by atoms with Gasteiger partial charge in [0.25, 0.3) is 0 Å². The molecule has 1 aliphatic heterocycles. The summed E-state index contributed by atoms with van der Waals surface area (Å²) in [6.07, 6.45) is 7.19. The highest BCUT2D eigenvalue weighted by Gasteiger charge is 2.20. The van der Waals surface area contributed by atoms with E-state index in [4.69, 9.17) is 9.47 Å². The second-order valence-corrected chi connectivity index (χ2v) is 7.31. The highest BCUT2D eigenvalue weighted by atomic mass is 16.5. The first-order valence-corrected chi connectivity index (χ1v) is 10.0. The maximum atomic E-state index is 11.4. The first kappa shape index (κ1) is 22.8. The van der Waals surface area contributed by atoms with Crippen LogP contribution in [0.2, 0.25) is 0 Å². The molecule has 29 heavy (non-hydrogen) atoms. The Morgan fingerprint density at radius 2 is 2.00 bits per heavy atom. The standard InChI is InChI=1S/C23H30O6/c1-17(24)28-22(14-13-18-7-3-2-4-8-18)16-20(26)15-19(25)9-5-10-21-11-6-12-23(27)29-21/h2-8,10,12,19-22,25-26H,9,11,13-16H2,1H3/b10-5+. The molecule has 1 aromatic carbocycles. The van der Waals surface area contributed by atoms with Crippen LogP contribution in [-0.4, -0.2) is 46.6 Å². The van der Waals surface area contributed by atoms with Crippen LogP contribution in [0.1, 0.15) is 44.6 Å². The first-order chi connectivity index (χ1) is 13.9. The van der Waals surface area contributed by atoms with Crippen molar-refractivity contribution >= 4 is 11.9 Å². The predicted octanol–water partition coefficient (Wildman–Crippen LogP) is 2.87. The molecule has 1 heterocycles. The van der Waals surface area contributed by atoms with Crippen LogP contribution in [0, 0.1) is 0 Å². The zero-order chi connectivity index (χ0) is 21.1. The van der Waals surface area contributed by atoms with Crippen molar-refractivity contribution < 1.29 is 29.3 Å². The summed E-state index contributed by atoms with van der Waals surface area (Å²) >= 11 is 0. The van der Waals surface area contributed by atoms with Gasteiger partial charge in [0.2, 0.25) is 0 Å². The van der Waals surface area contributed by atoms with Gasteiger partial charge in [-0.2, -0.15) is 0 Å². The molecule has 0 bridgehead atoms. The van der Waals surface area contributed by atoms with Gasteiger partial charge in [-0.15, -0.1) is 0 Å². The Morgan fingerprint density at radius 3 is 2.69 bits per heavy atom. The summed E-state index contributed by atoms with van der Waals surface area (Å²) in [6, 6.07) is 9.88. The molecule has 0 saturated carbocycles. The lowest BCUT2D eigenvalue weighted by molar-refractivity contribution is -0.148. The van der Waals surface area contributed by atoms with Gasteiger partial charge in [0.1, 0.15) is 12.2 Å². The van der Waals surface area contributed by atoms with E-state index in [1.165, 1.54) is 13.0 Å². The summed E-state index contributed by atoms with van der Waals surface area (Å²) in [7, 11) is 0. The molecule has 6 nitrogen and oxygen atoms in total. The molecule has 4 unspecified atom stereocenters. The Bertz CT molecular complexity index is 697. The molecule has 0 aromatic heterocycles. The summed E-state index contributed by atoms with van der Waals surface area (Å²) in [5.41, 5.74) is 1.14. The number of aliphatic hydroxyl groups excluding tert-OH is 2. The fourth-order valence-electron chi connectivity index (χ4n) is 3.28. The van der Waals surface area contributed by atoms with Crippen molar-refractivity contribution in [1.82, 2.24) is 0 Å². The highest BCUT2D eigenvalue weighted by molar-refractivity contribution is 5.82. The van der Waals surface area contributed by atoms with E-state index in [-0.39, 0.29) is 30.9 Å². The third-order valence-electron chi connectivity index (χ3n) is 4.66. The van der Waals surface area contributed by atoms with Crippen molar-refractivity contribution in [3.05, 3.63) is 60.2 Å². The van der Waals surface area contributed by atoms with Crippen molar-refractivity contribution in [2.75, 3.05) is 0 Å². The van der Waals surface area contributed by atoms with E-state index >= 15 is 0 Å². The maximum absolute atomic E-state index is 11.4. The monoisotopic (exact) mass is 402 g/mol. The van der Waals surface area contributed by atoms with E-state index in [0.29, 0.717) is 19.3 Å². The summed E-state index contributed by atoms with van der Waals surface area (Å²) in [6.45, 7) is 1.36. The minimum Gasteiger partial charge on any atom is -0.462 e. The van der Waals surface area contributed by atoms with Gasteiger partial charge in [-0.25, -0.2) is 4.79 Å². The first-order valence-electron chi connectivity index (χ1n) is 10.0. The number of cyclic esters (lactones) is 1. The van der Waals surface area contributed by atoms with Crippen molar-refractivity contribution in [2.45, 2.75) is 69.9 Å². The lowest BCUT2D eigenvalue weighted by Gasteiger charge is -2.22. The molecule has 158 valence electrons. The molecule has 0 saturated heterocycles. The molecule has 0 spiro atoms. The van der Waals surface area contributed by atoms with Gasteiger partial charge in [-0.3, -0.25) is 4.79 Å². The van der Waals surface area contributed by atoms with E-state index in [1.54, 1.807) is 18.2 Å². The van der Waals surface area contributed by atoms with Crippen molar-refractivity contribution in [2.24, 2.45) is 0 Å². The van der Waals surface area contributed by atoms with Gasteiger partial charge in [-0.1, -0.05) is 42.5 Å². The quantitative estimate of drug-likeness (QED) is 0.437. The molecule has 4 atom stereocenters. The molecule has 0 fully saturated rings. The van der Waals surface area contributed by atoms with E-state index in [0.717, 1.165) is 12.0 Å². The Labute approximate surface area is 171 Å². The number of hydrogen-bond donors (Lipinski definition) is 2. The van der Waals surface area contributed by atoms with Crippen molar-refractivity contribution in [3.8, 4) is 0 Å². The molecule has 6 heteroatoms. The zero-order valence-corrected chi connectivity index (χ0v) is 16.8. The number of aliphatic hydroxyl groups is 2. The Kier molecular flexibility index (Phi) is 9.60. The topological polar surface area (TPSA) is 93.1 Å². The van der Waals surface area contributed by atoms with E-state index in [2.05, 4.69) is 0 Å². The largest absolute Gasteiger partial charge is 0.462 e. The van der Waals surface area contributed by atoms with Gasteiger partial charge >= 0.3 is 11.9 Å². The van der Waals surface area contributed by atoms with Crippen LogP contribution in [0.4, 0.5) is 0 Å². The average molecular weight is 402 g/mol. The molecular formula is C23H30O6. The van der Waals surface area contributed by atoms with Gasteiger partial charge in [0, 0.05) is 25.8 Å². The normalized spacial score (nSPS) is 19.6. The molecule has 2 rings (SSSR count). The van der Waals surface area contributed by atoms with Crippen LogP contribution >= 0.6 is 0 Å². The summed E-state index contributed by atoms with van der Waals surface area (Å²) < 4.78 is 10.5. The number of carbonyl (C=O) groups is 2. The molecule has 1 aromatic rings. The second kappa shape index (κ2) is 12.2. The van der Waals surface area contributed by atoms with Crippen LogP contribution in [0.3, 0.4) is 0 Å².